The van der Waals surface area contributed by atoms with E-state index in [2.05, 4.69) is 5.32 Å². The molecular formula is C14H17NO2. The van der Waals surface area contributed by atoms with E-state index >= 15 is 0 Å². The molecule has 0 fully saturated rings. The Balaban J connectivity index is 2.27. The number of benzene rings is 1. The average Bonchev–Trinajstić information content (AvgIpc) is 2.65. The number of hydrogen-bond acceptors (Lipinski definition) is 2. The van der Waals surface area contributed by atoms with Gasteiger partial charge in [0, 0.05) is 17.2 Å². The highest BCUT2D eigenvalue weighted by Crippen LogP contribution is 2.26. The van der Waals surface area contributed by atoms with Crippen LogP contribution >= 0.6 is 0 Å². The van der Waals surface area contributed by atoms with Crippen molar-refractivity contribution in [2.45, 2.75) is 27.2 Å². The first-order chi connectivity index (χ1) is 7.99. The van der Waals surface area contributed by atoms with Gasteiger partial charge in [0.1, 0.15) is 0 Å². The number of nitrogens with one attached hydrogen (secondary N) is 1. The summed E-state index contributed by atoms with van der Waals surface area (Å²) in [6, 6.07) is 5.46. The maximum Gasteiger partial charge on any atom is 0.228 e. The molecule has 0 saturated heterocycles. The zero-order valence-electron chi connectivity index (χ0n) is 10.4. The molecule has 3 heteroatoms. The van der Waals surface area contributed by atoms with Crippen LogP contribution in [-0.2, 0) is 11.2 Å². The Labute approximate surface area is 101 Å². The lowest BCUT2D eigenvalue weighted by Crippen LogP contribution is -2.17. The summed E-state index contributed by atoms with van der Waals surface area (Å²) in [5.74, 6) is 0.497. The summed E-state index contributed by atoms with van der Waals surface area (Å²) in [4.78, 5) is 23.4. The monoisotopic (exact) mass is 231 g/mol. The first kappa shape index (κ1) is 11.8. The second-order valence-electron chi connectivity index (χ2n) is 4.99. The molecule has 17 heavy (non-hydrogen) atoms. The van der Waals surface area contributed by atoms with Crippen LogP contribution in [0.1, 0.15) is 36.7 Å². The Morgan fingerprint density at radius 2 is 2.00 bits per heavy atom. The van der Waals surface area contributed by atoms with E-state index in [0.717, 1.165) is 11.3 Å². The van der Waals surface area contributed by atoms with Gasteiger partial charge in [-0.05, 0) is 29.7 Å². The van der Waals surface area contributed by atoms with Crippen molar-refractivity contribution in [3.63, 3.8) is 0 Å². The summed E-state index contributed by atoms with van der Waals surface area (Å²) in [7, 11) is 0. The van der Waals surface area contributed by atoms with Gasteiger partial charge in [-0.3, -0.25) is 9.59 Å². The fourth-order valence-corrected chi connectivity index (χ4v) is 1.95. The highest BCUT2D eigenvalue weighted by molar-refractivity contribution is 6.02. The summed E-state index contributed by atoms with van der Waals surface area (Å²) in [6.07, 6.45) is 0.381. The van der Waals surface area contributed by atoms with Crippen LogP contribution < -0.4 is 5.32 Å². The van der Waals surface area contributed by atoms with Gasteiger partial charge >= 0.3 is 0 Å². The molecule has 3 nitrogen and oxygen atoms in total. The third-order valence-corrected chi connectivity index (χ3v) is 3.43. The molecule has 0 aromatic heterocycles. The third kappa shape index (κ3) is 2.23. The lowest BCUT2D eigenvalue weighted by Gasteiger charge is -2.14. The number of carbonyl (C=O) groups is 2. The van der Waals surface area contributed by atoms with Gasteiger partial charge < -0.3 is 5.32 Å². The summed E-state index contributed by atoms with van der Waals surface area (Å²) < 4.78 is 0. The predicted molar refractivity (Wildman–Crippen MR) is 67.1 cm³/mol. The molecule has 0 aliphatic carbocycles. The summed E-state index contributed by atoms with van der Waals surface area (Å²) in [5, 5.41) is 2.77. The minimum atomic E-state index is 0.00140. The van der Waals surface area contributed by atoms with E-state index in [1.165, 1.54) is 0 Å². The van der Waals surface area contributed by atoms with Crippen LogP contribution in [0.2, 0.25) is 0 Å². The number of hydrogen-bond donors (Lipinski definition) is 1. The molecule has 1 amide bonds. The van der Waals surface area contributed by atoms with Gasteiger partial charge in [0.2, 0.25) is 5.91 Å². The van der Waals surface area contributed by atoms with E-state index in [9.17, 15) is 9.59 Å². The lowest BCUT2D eigenvalue weighted by atomic mass is 9.89. The predicted octanol–water partition coefficient (Wildman–Crippen LogP) is 2.66. The fourth-order valence-electron chi connectivity index (χ4n) is 1.95. The molecule has 90 valence electrons. The molecule has 1 aliphatic rings. The van der Waals surface area contributed by atoms with Crippen molar-refractivity contribution < 1.29 is 9.59 Å². The third-order valence-electron chi connectivity index (χ3n) is 3.43. The summed E-state index contributed by atoms with van der Waals surface area (Å²) >= 11 is 0. The number of amides is 1. The lowest BCUT2D eigenvalue weighted by molar-refractivity contribution is -0.115. The molecule has 1 aliphatic heterocycles. The number of rotatable bonds is 3. The van der Waals surface area contributed by atoms with Gasteiger partial charge in [0.15, 0.2) is 5.78 Å². The largest absolute Gasteiger partial charge is 0.326 e. The van der Waals surface area contributed by atoms with Crippen LogP contribution in [0.15, 0.2) is 18.2 Å². The van der Waals surface area contributed by atoms with Crippen molar-refractivity contribution >= 4 is 17.4 Å². The molecule has 1 unspecified atom stereocenters. The molecule has 0 spiro atoms. The van der Waals surface area contributed by atoms with Crippen LogP contribution in [0.5, 0.6) is 0 Å². The van der Waals surface area contributed by atoms with Gasteiger partial charge in [-0.1, -0.05) is 20.8 Å². The van der Waals surface area contributed by atoms with Crippen LogP contribution in [-0.4, -0.2) is 11.7 Å². The average molecular weight is 231 g/mol. The molecule has 1 heterocycles. The Morgan fingerprint density at radius 3 is 2.65 bits per heavy atom. The normalized spacial score (nSPS) is 15.6. The molecule has 1 aromatic rings. The van der Waals surface area contributed by atoms with E-state index in [1.54, 1.807) is 6.07 Å². The Bertz CT molecular complexity index is 477. The van der Waals surface area contributed by atoms with Crippen molar-refractivity contribution in [2.75, 3.05) is 5.32 Å². The van der Waals surface area contributed by atoms with Gasteiger partial charge in [0.05, 0.1) is 6.42 Å². The molecule has 0 radical (unpaired) electrons. The van der Waals surface area contributed by atoms with E-state index in [1.807, 2.05) is 32.9 Å². The van der Waals surface area contributed by atoms with Crippen LogP contribution in [0.25, 0.3) is 0 Å². The topological polar surface area (TPSA) is 46.2 Å². The number of fused-ring (bicyclic) bond motifs is 1. The van der Waals surface area contributed by atoms with Crippen molar-refractivity contribution in [1.82, 2.24) is 0 Å². The molecule has 0 saturated carbocycles. The number of carbonyl (C=O) groups excluding carboxylic acids is 2. The SMILES string of the molecule is CC(C)C(C)C(=O)c1ccc2c(c1)CC(=O)N2. The minimum Gasteiger partial charge on any atom is -0.326 e. The van der Waals surface area contributed by atoms with Crippen LogP contribution in [0.3, 0.4) is 0 Å². The van der Waals surface area contributed by atoms with Gasteiger partial charge in [-0.2, -0.15) is 0 Å². The van der Waals surface area contributed by atoms with Crippen molar-refractivity contribution in [2.24, 2.45) is 11.8 Å². The molecule has 1 N–H and O–H groups in total. The second kappa shape index (κ2) is 4.32. The maximum absolute atomic E-state index is 12.2. The highest BCUT2D eigenvalue weighted by Gasteiger charge is 2.22. The molecule has 1 aromatic carbocycles. The molecule has 1 atom stereocenters. The summed E-state index contributed by atoms with van der Waals surface area (Å²) in [5.41, 5.74) is 2.47. The van der Waals surface area contributed by atoms with Gasteiger partial charge in [-0.15, -0.1) is 0 Å². The zero-order chi connectivity index (χ0) is 12.6. The highest BCUT2D eigenvalue weighted by atomic mass is 16.1. The van der Waals surface area contributed by atoms with Crippen LogP contribution in [0.4, 0.5) is 5.69 Å². The summed E-state index contributed by atoms with van der Waals surface area (Å²) in [6.45, 7) is 6.03. The Kier molecular flexibility index (Phi) is 3.01. The van der Waals surface area contributed by atoms with Crippen molar-refractivity contribution in [3.8, 4) is 0 Å². The van der Waals surface area contributed by atoms with Crippen molar-refractivity contribution in [1.29, 1.82) is 0 Å². The number of ketones is 1. The second-order valence-corrected chi connectivity index (χ2v) is 4.99. The van der Waals surface area contributed by atoms with E-state index in [-0.39, 0.29) is 17.6 Å². The van der Waals surface area contributed by atoms with E-state index < -0.39 is 0 Å². The maximum atomic E-state index is 12.2. The van der Waals surface area contributed by atoms with Crippen LogP contribution in [0, 0.1) is 11.8 Å². The van der Waals surface area contributed by atoms with Gasteiger partial charge in [-0.25, -0.2) is 0 Å². The standard InChI is InChI=1S/C14H17NO2/c1-8(2)9(3)14(17)10-4-5-12-11(6-10)7-13(16)15-12/h4-6,8-9H,7H2,1-3H3,(H,15,16). The van der Waals surface area contributed by atoms with Crippen molar-refractivity contribution in [3.05, 3.63) is 29.3 Å². The smallest absolute Gasteiger partial charge is 0.228 e. The fraction of sp³-hybridized carbons (Fsp3) is 0.429. The first-order valence-corrected chi connectivity index (χ1v) is 5.96. The molecule has 0 bridgehead atoms. The van der Waals surface area contributed by atoms with E-state index in [4.69, 9.17) is 0 Å². The van der Waals surface area contributed by atoms with Gasteiger partial charge in [0.25, 0.3) is 0 Å². The number of anilines is 1. The zero-order valence-corrected chi connectivity index (χ0v) is 10.4. The molecule has 2 rings (SSSR count). The number of Topliss-reactive ketones (excluding diaryl/α,β-unsaturated/α-hetero) is 1. The first-order valence-electron chi connectivity index (χ1n) is 5.96. The quantitative estimate of drug-likeness (QED) is 0.813. The van der Waals surface area contributed by atoms with E-state index in [0.29, 0.717) is 17.9 Å². The minimum absolute atomic E-state index is 0.00140. The Morgan fingerprint density at radius 1 is 1.29 bits per heavy atom. The molecular weight excluding hydrogens is 214 g/mol. The Hall–Kier alpha value is -1.64.